The van der Waals surface area contributed by atoms with Crippen LogP contribution in [0.3, 0.4) is 0 Å². The third kappa shape index (κ3) is 5.37. The summed E-state index contributed by atoms with van der Waals surface area (Å²) in [5.41, 5.74) is 5.71. The summed E-state index contributed by atoms with van der Waals surface area (Å²) in [6.45, 7) is 3.08. The van der Waals surface area contributed by atoms with Gasteiger partial charge in [-0.05, 0) is 32.1 Å². The predicted molar refractivity (Wildman–Crippen MR) is 67.1 cm³/mol. The van der Waals surface area contributed by atoms with Crippen molar-refractivity contribution in [2.75, 3.05) is 26.4 Å². The van der Waals surface area contributed by atoms with Gasteiger partial charge in [0.15, 0.2) is 5.96 Å². The van der Waals surface area contributed by atoms with Crippen LogP contribution >= 0.6 is 0 Å². The van der Waals surface area contributed by atoms with Gasteiger partial charge >= 0.3 is 0 Å². The largest absolute Gasteiger partial charge is 0.379 e. The number of hydrogen-bond acceptors (Lipinski definition) is 3. The van der Waals surface area contributed by atoms with E-state index < -0.39 is 0 Å². The van der Waals surface area contributed by atoms with E-state index in [4.69, 9.17) is 15.2 Å². The van der Waals surface area contributed by atoms with E-state index in [0.29, 0.717) is 18.1 Å². The third-order valence-electron chi connectivity index (χ3n) is 2.99. The van der Waals surface area contributed by atoms with Crippen molar-refractivity contribution in [1.29, 1.82) is 0 Å². The van der Waals surface area contributed by atoms with Crippen LogP contribution < -0.4 is 11.1 Å². The molecule has 1 aliphatic carbocycles. The Balaban J connectivity index is 1.42. The molecule has 0 spiro atoms. The molecule has 1 heterocycles. The summed E-state index contributed by atoms with van der Waals surface area (Å²) in [6, 6.07) is 0.578. The summed E-state index contributed by atoms with van der Waals surface area (Å²) in [6.07, 6.45) is 5.99. The average Bonchev–Trinajstić information content (AvgIpc) is 2.96. The fraction of sp³-hybridized carbons (Fsp3) is 0.917. The molecule has 0 bridgehead atoms. The maximum absolute atomic E-state index is 5.71. The van der Waals surface area contributed by atoms with Gasteiger partial charge in [0.1, 0.15) is 0 Å². The molecule has 0 radical (unpaired) electrons. The molecule has 1 saturated heterocycles. The summed E-state index contributed by atoms with van der Waals surface area (Å²) in [5.74, 6) is 0.576. The Morgan fingerprint density at radius 2 is 2.29 bits per heavy atom. The SMILES string of the molecule is NC(=NCCCOC[C@@H]1CCCO1)NC1CC1. The lowest BCUT2D eigenvalue weighted by Crippen LogP contribution is -2.33. The van der Waals surface area contributed by atoms with E-state index in [1.165, 1.54) is 19.3 Å². The van der Waals surface area contributed by atoms with Gasteiger partial charge in [-0.3, -0.25) is 4.99 Å². The molecule has 1 aliphatic heterocycles. The van der Waals surface area contributed by atoms with Crippen molar-refractivity contribution < 1.29 is 9.47 Å². The molecule has 5 nitrogen and oxygen atoms in total. The highest BCUT2D eigenvalue weighted by molar-refractivity contribution is 5.78. The van der Waals surface area contributed by atoms with Crippen molar-refractivity contribution in [3.05, 3.63) is 0 Å². The van der Waals surface area contributed by atoms with Crippen LogP contribution in [0.4, 0.5) is 0 Å². The molecule has 98 valence electrons. The maximum atomic E-state index is 5.71. The van der Waals surface area contributed by atoms with Gasteiger partial charge in [0.2, 0.25) is 0 Å². The van der Waals surface area contributed by atoms with Crippen molar-refractivity contribution in [3.63, 3.8) is 0 Å². The summed E-state index contributed by atoms with van der Waals surface area (Å²) >= 11 is 0. The highest BCUT2D eigenvalue weighted by atomic mass is 16.5. The van der Waals surface area contributed by atoms with E-state index >= 15 is 0 Å². The highest BCUT2D eigenvalue weighted by Gasteiger charge is 2.21. The number of rotatable bonds is 7. The van der Waals surface area contributed by atoms with Crippen molar-refractivity contribution in [2.45, 2.75) is 44.2 Å². The first kappa shape index (κ1) is 12.6. The van der Waals surface area contributed by atoms with Crippen molar-refractivity contribution in [2.24, 2.45) is 10.7 Å². The second-order valence-corrected chi connectivity index (χ2v) is 4.75. The normalized spacial score (nSPS) is 25.2. The molecular formula is C12H23N3O2. The first-order valence-corrected chi connectivity index (χ1v) is 6.60. The average molecular weight is 241 g/mol. The fourth-order valence-electron chi connectivity index (χ4n) is 1.84. The molecule has 2 aliphatic rings. The topological polar surface area (TPSA) is 68.9 Å². The molecule has 5 heteroatoms. The van der Waals surface area contributed by atoms with Gasteiger partial charge in [-0.2, -0.15) is 0 Å². The van der Waals surface area contributed by atoms with E-state index in [-0.39, 0.29) is 0 Å². The van der Waals surface area contributed by atoms with Crippen LogP contribution in [0.1, 0.15) is 32.1 Å². The molecule has 17 heavy (non-hydrogen) atoms. The lowest BCUT2D eigenvalue weighted by Gasteiger charge is -2.09. The molecular weight excluding hydrogens is 218 g/mol. The molecule has 0 aromatic rings. The van der Waals surface area contributed by atoms with Crippen LogP contribution in [0.25, 0.3) is 0 Å². The minimum Gasteiger partial charge on any atom is -0.379 e. The minimum atomic E-state index is 0.320. The molecule has 2 fully saturated rings. The van der Waals surface area contributed by atoms with Crippen LogP contribution in [0, 0.1) is 0 Å². The van der Waals surface area contributed by atoms with E-state index in [1.54, 1.807) is 0 Å². The van der Waals surface area contributed by atoms with E-state index in [0.717, 1.165) is 39.2 Å². The lowest BCUT2D eigenvalue weighted by atomic mass is 10.2. The van der Waals surface area contributed by atoms with Gasteiger partial charge in [0.05, 0.1) is 12.7 Å². The minimum absolute atomic E-state index is 0.320. The summed E-state index contributed by atoms with van der Waals surface area (Å²) in [5, 5.41) is 3.16. The first-order chi connectivity index (χ1) is 8.34. The zero-order valence-corrected chi connectivity index (χ0v) is 10.4. The van der Waals surface area contributed by atoms with Gasteiger partial charge in [0.25, 0.3) is 0 Å². The Morgan fingerprint density at radius 3 is 3.00 bits per heavy atom. The third-order valence-corrected chi connectivity index (χ3v) is 2.99. The Morgan fingerprint density at radius 1 is 1.41 bits per heavy atom. The zero-order valence-electron chi connectivity index (χ0n) is 10.4. The number of nitrogens with one attached hydrogen (secondary N) is 1. The van der Waals surface area contributed by atoms with Gasteiger partial charge in [-0.15, -0.1) is 0 Å². The fourth-order valence-corrected chi connectivity index (χ4v) is 1.84. The molecule has 0 aromatic carbocycles. The maximum Gasteiger partial charge on any atom is 0.188 e. The van der Waals surface area contributed by atoms with E-state index in [1.807, 2.05) is 0 Å². The molecule has 3 N–H and O–H groups in total. The number of aliphatic imine (C=N–C) groups is 1. The smallest absolute Gasteiger partial charge is 0.188 e. The number of ether oxygens (including phenoxy) is 2. The Labute approximate surface area is 103 Å². The molecule has 0 unspecified atom stereocenters. The Hall–Kier alpha value is -0.810. The summed E-state index contributed by atoms with van der Waals surface area (Å²) < 4.78 is 11.0. The lowest BCUT2D eigenvalue weighted by molar-refractivity contribution is 0.0171. The molecule has 0 amide bonds. The first-order valence-electron chi connectivity index (χ1n) is 6.60. The van der Waals surface area contributed by atoms with Crippen LogP contribution in [-0.4, -0.2) is 44.5 Å². The van der Waals surface area contributed by atoms with Crippen molar-refractivity contribution >= 4 is 5.96 Å². The predicted octanol–water partition coefficient (Wildman–Crippen LogP) is 0.639. The zero-order chi connectivity index (χ0) is 11.9. The summed E-state index contributed by atoms with van der Waals surface area (Å²) in [7, 11) is 0. The molecule has 1 atom stereocenters. The molecule has 1 saturated carbocycles. The van der Waals surface area contributed by atoms with Crippen molar-refractivity contribution in [3.8, 4) is 0 Å². The van der Waals surface area contributed by atoms with Gasteiger partial charge in [-0.25, -0.2) is 0 Å². The van der Waals surface area contributed by atoms with Crippen LogP contribution in [0.2, 0.25) is 0 Å². The van der Waals surface area contributed by atoms with Crippen molar-refractivity contribution in [1.82, 2.24) is 5.32 Å². The van der Waals surface area contributed by atoms with Gasteiger partial charge in [0, 0.05) is 25.8 Å². The van der Waals surface area contributed by atoms with E-state index in [2.05, 4.69) is 10.3 Å². The van der Waals surface area contributed by atoms with Crippen LogP contribution in [0.15, 0.2) is 4.99 Å². The van der Waals surface area contributed by atoms with E-state index in [9.17, 15) is 0 Å². The highest BCUT2D eigenvalue weighted by Crippen LogP contribution is 2.17. The Kier molecular flexibility index (Phi) is 5.07. The summed E-state index contributed by atoms with van der Waals surface area (Å²) in [4.78, 5) is 4.25. The second-order valence-electron chi connectivity index (χ2n) is 4.75. The second kappa shape index (κ2) is 6.81. The molecule has 2 rings (SSSR count). The molecule has 0 aromatic heterocycles. The quantitative estimate of drug-likeness (QED) is 0.390. The number of hydrogen-bond donors (Lipinski definition) is 2. The number of nitrogens with zero attached hydrogens (tertiary/aromatic N) is 1. The number of nitrogens with two attached hydrogens (primary N) is 1. The van der Waals surface area contributed by atoms with Gasteiger partial charge in [-0.1, -0.05) is 0 Å². The van der Waals surface area contributed by atoms with Crippen LogP contribution in [-0.2, 0) is 9.47 Å². The Bertz CT molecular complexity index is 248. The monoisotopic (exact) mass is 241 g/mol. The number of guanidine groups is 1. The van der Waals surface area contributed by atoms with Crippen LogP contribution in [0.5, 0.6) is 0 Å². The standard InChI is InChI=1S/C12H23N3O2/c13-12(15-10-4-5-10)14-6-2-7-16-9-11-3-1-8-17-11/h10-11H,1-9H2,(H3,13,14,15)/t11-/m0/s1. The van der Waals surface area contributed by atoms with Gasteiger partial charge < -0.3 is 20.5 Å².